The van der Waals surface area contributed by atoms with Crippen molar-refractivity contribution in [2.75, 3.05) is 5.32 Å². The Bertz CT molecular complexity index is 843. The smallest absolute Gasteiger partial charge is 0.300 e. The van der Waals surface area contributed by atoms with Gasteiger partial charge in [-0.25, -0.2) is 0 Å². The summed E-state index contributed by atoms with van der Waals surface area (Å²) < 4.78 is 62.2. The fraction of sp³-hybridized carbons (Fsp3) is 0.357. The lowest BCUT2D eigenvalue weighted by Gasteiger charge is -2.17. The SMILES string of the molecule is O=C(Nc1nnc(C(F)(F)C(F)(F)F)s1)C1(c2ccccc2)CC1(Cl)Cl. The van der Waals surface area contributed by atoms with Crippen molar-refractivity contribution in [2.24, 2.45) is 0 Å². The standard InChI is InChI=1S/C14H8Cl2F5N3OS/c15-12(16)6-11(12,7-4-2-1-3-5-7)8(25)22-10-24-23-9(26-10)13(17,18)14(19,20)21/h1-5H,6H2,(H,22,24,25). The van der Waals surface area contributed by atoms with E-state index in [4.69, 9.17) is 23.2 Å². The van der Waals surface area contributed by atoms with Gasteiger partial charge in [0.1, 0.15) is 9.75 Å². The normalized spacial score (nSPS) is 22.1. The van der Waals surface area contributed by atoms with Crippen molar-refractivity contribution in [2.45, 2.75) is 28.3 Å². The molecule has 3 rings (SSSR count). The van der Waals surface area contributed by atoms with Crippen LogP contribution >= 0.6 is 34.5 Å². The third-order valence-electron chi connectivity index (χ3n) is 3.91. The zero-order chi connectivity index (χ0) is 19.4. The first-order valence-corrected chi connectivity index (χ1v) is 8.52. The number of aromatic nitrogens is 2. The molecule has 12 heteroatoms. The molecule has 1 aromatic carbocycles. The Balaban J connectivity index is 1.85. The highest BCUT2D eigenvalue weighted by atomic mass is 35.5. The van der Waals surface area contributed by atoms with Crippen LogP contribution in [0, 0.1) is 0 Å². The lowest BCUT2D eigenvalue weighted by molar-refractivity contribution is -0.289. The number of carbonyl (C=O) groups is 1. The van der Waals surface area contributed by atoms with Gasteiger partial charge in [-0.2, -0.15) is 22.0 Å². The van der Waals surface area contributed by atoms with Gasteiger partial charge in [-0.15, -0.1) is 33.4 Å². The summed E-state index contributed by atoms with van der Waals surface area (Å²) in [5.41, 5.74) is -0.886. The third kappa shape index (κ3) is 2.93. The van der Waals surface area contributed by atoms with Gasteiger partial charge in [-0.1, -0.05) is 41.7 Å². The van der Waals surface area contributed by atoms with Gasteiger partial charge >= 0.3 is 12.1 Å². The highest BCUT2D eigenvalue weighted by Crippen LogP contribution is 2.65. The molecule has 2 aromatic rings. The third-order valence-corrected chi connectivity index (χ3v) is 5.73. The number of halogens is 7. The summed E-state index contributed by atoms with van der Waals surface area (Å²) in [4.78, 5) is 12.6. The quantitative estimate of drug-likeness (QED) is 0.566. The first kappa shape index (κ1) is 19.2. The molecule has 1 saturated carbocycles. The van der Waals surface area contributed by atoms with Gasteiger partial charge in [-0.3, -0.25) is 10.1 Å². The molecule has 1 atom stereocenters. The van der Waals surface area contributed by atoms with Crippen molar-refractivity contribution in [3.05, 3.63) is 40.9 Å². The number of nitrogens with one attached hydrogen (secondary N) is 1. The van der Waals surface area contributed by atoms with Crippen LogP contribution in [0.2, 0.25) is 0 Å². The minimum Gasteiger partial charge on any atom is -0.300 e. The minimum atomic E-state index is -5.82. The molecule has 4 nitrogen and oxygen atoms in total. The highest BCUT2D eigenvalue weighted by Gasteiger charge is 2.72. The number of rotatable bonds is 4. The van der Waals surface area contributed by atoms with Crippen LogP contribution in [0.4, 0.5) is 27.1 Å². The van der Waals surface area contributed by atoms with Crippen LogP contribution in [-0.4, -0.2) is 26.6 Å². The molecular formula is C14H8Cl2F5N3OS. The first-order chi connectivity index (χ1) is 11.9. The fourth-order valence-electron chi connectivity index (χ4n) is 2.43. The summed E-state index contributed by atoms with van der Waals surface area (Å²) in [6.07, 6.45) is -5.78. The van der Waals surface area contributed by atoms with E-state index in [1.165, 1.54) is 0 Å². The van der Waals surface area contributed by atoms with Gasteiger partial charge in [0.05, 0.1) is 0 Å². The average Bonchev–Trinajstić information content (AvgIpc) is 2.90. The number of alkyl halides is 7. The maximum Gasteiger partial charge on any atom is 0.460 e. The topological polar surface area (TPSA) is 54.9 Å². The van der Waals surface area contributed by atoms with E-state index in [-0.39, 0.29) is 17.8 Å². The largest absolute Gasteiger partial charge is 0.460 e. The van der Waals surface area contributed by atoms with Crippen LogP contribution in [0.5, 0.6) is 0 Å². The monoisotopic (exact) mass is 431 g/mol. The zero-order valence-corrected chi connectivity index (χ0v) is 14.8. The van der Waals surface area contributed by atoms with Crippen molar-refractivity contribution in [1.82, 2.24) is 10.2 Å². The van der Waals surface area contributed by atoms with E-state index in [1.807, 2.05) is 0 Å². The number of hydrogen-bond donors (Lipinski definition) is 1. The van der Waals surface area contributed by atoms with Crippen molar-refractivity contribution in [1.29, 1.82) is 0 Å². The van der Waals surface area contributed by atoms with Gasteiger partial charge in [0.15, 0.2) is 5.01 Å². The van der Waals surface area contributed by atoms with E-state index >= 15 is 0 Å². The van der Waals surface area contributed by atoms with Crippen LogP contribution in [0.25, 0.3) is 0 Å². The summed E-state index contributed by atoms with van der Waals surface area (Å²) in [7, 11) is 0. The second kappa shape index (κ2) is 6.00. The number of carbonyl (C=O) groups excluding carboxylic acids is 1. The molecule has 1 unspecified atom stereocenters. The van der Waals surface area contributed by atoms with Gasteiger partial charge in [-0.05, 0) is 5.56 Å². The number of amides is 1. The second-order valence-corrected chi connectivity index (χ2v) is 8.05. The molecule has 1 aliphatic rings. The van der Waals surface area contributed by atoms with Crippen molar-refractivity contribution in [3.8, 4) is 0 Å². The number of hydrogen-bond acceptors (Lipinski definition) is 4. The second-order valence-electron chi connectivity index (χ2n) is 5.59. The Morgan fingerprint density at radius 3 is 2.19 bits per heavy atom. The molecule has 1 N–H and O–H groups in total. The summed E-state index contributed by atoms with van der Waals surface area (Å²) >= 11 is 12.1. The van der Waals surface area contributed by atoms with Crippen LogP contribution in [0.15, 0.2) is 30.3 Å². The fourth-order valence-corrected chi connectivity index (χ4v) is 3.95. The molecule has 0 radical (unpaired) electrons. The summed E-state index contributed by atoms with van der Waals surface area (Å²) in [6.45, 7) is 0. The van der Waals surface area contributed by atoms with Gasteiger partial charge < -0.3 is 0 Å². The molecule has 1 aromatic heterocycles. The number of benzene rings is 1. The van der Waals surface area contributed by atoms with Crippen LogP contribution in [-0.2, 0) is 16.1 Å². The van der Waals surface area contributed by atoms with Gasteiger partial charge in [0.25, 0.3) is 0 Å². The molecule has 0 aliphatic heterocycles. The van der Waals surface area contributed by atoms with E-state index in [0.29, 0.717) is 5.56 Å². The minimum absolute atomic E-state index is 0.0450. The van der Waals surface area contributed by atoms with Crippen molar-refractivity contribution in [3.63, 3.8) is 0 Å². The summed E-state index contributed by atoms with van der Waals surface area (Å²) in [6, 6.07) is 8.22. The molecule has 0 saturated heterocycles. The Kier molecular flexibility index (Phi) is 4.44. The molecule has 0 spiro atoms. The van der Waals surface area contributed by atoms with Crippen molar-refractivity contribution >= 4 is 45.6 Å². The van der Waals surface area contributed by atoms with Crippen LogP contribution in [0.3, 0.4) is 0 Å². The summed E-state index contributed by atoms with van der Waals surface area (Å²) in [5, 5.41) is 6.12. The maximum atomic E-state index is 13.3. The number of nitrogens with zero attached hydrogens (tertiary/aromatic N) is 2. The maximum absolute atomic E-state index is 13.3. The Labute approximate surface area is 157 Å². The van der Waals surface area contributed by atoms with Gasteiger partial charge in [0, 0.05) is 6.42 Å². The van der Waals surface area contributed by atoms with Crippen molar-refractivity contribution < 1.29 is 26.7 Å². The predicted octanol–water partition coefficient (Wildman–Crippen LogP) is 4.65. The molecule has 1 fully saturated rings. The zero-order valence-electron chi connectivity index (χ0n) is 12.5. The molecule has 140 valence electrons. The molecule has 26 heavy (non-hydrogen) atoms. The van der Waals surface area contributed by atoms with E-state index in [1.54, 1.807) is 30.3 Å². The van der Waals surface area contributed by atoms with E-state index in [2.05, 4.69) is 15.5 Å². The molecular weight excluding hydrogens is 424 g/mol. The van der Waals surface area contributed by atoms with E-state index in [0.717, 1.165) is 0 Å². The van der Waals surface area contributed by atoms with E-state index in [9.17, 15) is 26.7 Å². The van der Waals surface area contributed by atoms with Gasteiger partial charge in [0.2, 0.25) is 11.0 Å². The lowest BCUT2D eigenvalue weighted by Crippen LogP contribution is -2.33. The first-order valence-electron chi connectivity index (χ1n) is 6.95. The number of anilines is 1. The Hall–Kier alpha value is -1.52. The molecule has 1 heterocycles. The molecule has 0 bridgehead atoms. The lowest BCUT2D eigenvalue weighted by atomic mass is 9.95. The summed E-state index contributed by atoms with van der Waals surface area (Å²) in [5.74, 6) is -5.95. The average molecular weight is 432 g/mol. The molecule has 1 amide bonds. The Morgan fingerprint density at radius 2 is 1.69 bits per heavy atom. The Morgan fingerprint density at radius 1 is 1.12 bits per heavy atom. The van der Waals surface area contributed by atoms with Crippen LogP contribution < -0.4 is 5.32 Å². The predicted molar refractivity (Wildman–Crippen MR) is 85.7 cm³/mol. The van der Waals surface area contributed by atoms with Crippen LogP contribution in [0.1, 0.15) is 17.0 Å². The highest BCUT2D eigenvalue weighted by molar-refractivity contribution is 7.15. The molecule has 1 aliphatic carbocycles. The van der Waals surface area contributed by atoms with E-state index < -0.39 is 37.9 Å².